The van der Waals surface area contributed by atoms with Gasteiger partial charge >= 0.3 is 0 Å². The molecule has 0 aliphatic heterocycles. The van der Waals surface area contributed by atoms with Gasteiger partial charge in [0.05, 0.1) is 6.10 Å². The Kier molecular flexibility index (Phi) is 4.26. The maximum absolute atomic E-state index is 10.2. The molecule has 3 atom stereocenters. The predicted molar refractivity (Wildman–Crippen MR) is 67.4 cm³/mol. The van der Waals surface area contributed by atoms with E-state index in [2.05, 4.69) is 18.7 Å². The third kappa shape index (κ3) is 2.60. The summed E-state index contributed by atoms with van der Waals surface area (Å²) < 4.78 is 0. The number of hydrogen-bond donors (Lipinski definition) is 1. The Bertz CT molecular complexity index is 213. The van der Waals surface area contributed by atoms with Crippen LogP contribution in [-0.4, -0.2) is 34.7 Å². The summed E-state index contributed by atoms with van der Waals surface area (Å²) in [6, 6.07) is 1.20. The summed E-state index contributed by atoms with van der Waals surface area (Å²) in [5.41, 5.74) is 0. The Labute approximate surface area is 100 Å². The second kappa shape index (κ2) is 5.50. The topological polar surface area (TPSA) is 23.5 Å². The molecule has 1 N–H and O–H groups in total. The SMILES string of the molecule is CCN(C1CCCC1)C1CC(C)CCC1O. The van der Waals surface area contributed by atoms with E-state index in [-0.39, 0.29) is 6.10 Å². The Morgan fingerprint density at radius 2 is 1.81 bits per heavy atom. The molecule has 2 fully saturated rings. The lowest BCUT2D eigenvalue weighted by Crippen LogP contribution is -2.50. The number of rotatable bonds is 3. The molecule has 2 rings (SSSR count). The highest BCUT2D eigenvalue weighted by Crippen LogP contribution is 2.32. The second-order valence-electron chi connectivity index (χ2n) is 5.82. The molecule has 0 aromatic carbocycles. The van der Waals surface area contributed by atoms with Crippen LogP contribution < -0.4 is 0 Å². The van der Waals surface area contributed by atoms with E-state index in [0.29, 0.717) is 6.04 Å². The van der Waals surface area contributed by atoms with Crippen molar-refractivity contribution in [1.82, 2.24) is 4.90 Å². The van der Waals surface area contributed by atoms with E-state index < -0.39 is 0 Å². The average Bonchev–Trinajstić information content (AvgIpc) is 2.78. The van der Waals surface area contributed by atoms with Gasteiger partial charge in [-0.25, -0.2) is 0 Å². The van der Waals surface area contributed by atoms with Crippen molar-refractivity contribution >= 4 is 0 Å². The van der Waals surface area contributed by atoms with E-state index in [0.717, 1.165) is 24.9 Å². The van der Waals surface area contributed by atoms with Crippen LogP contribution in [-0.2, 0) is 0 Å². The highest BCUT2D eigenvalue weighted by molar-refractivity contribution is 4.89. The predicted octanol–water partition coefficient (Wildman–Crippen LogP) is 2.80. The summed E-state index contributed by atoms with van der Waals surface area (Å²) in [4.78, 5) is 2.60. The van der Waals surface area contributed by atoms with Gasteiger partial charge in [-0.3, -0.25) is 4.90 Å². The highest BCUT2D eigenvalue weighted by Gasteiger charge is 2.35. The van der Waals surface area contributed by atoms with Crippen molar-refractivity contribution < 1.29 is 5.11 Å². The third-order valence-electron chi connectivity index (χ3n) is 4.63. The van der Waals surface area contributed by atoms with Crippen LogP contribution in [0.4, 0.5) is 0 Å². The van der Waals surface area contributed by atoms with Crippen molar-refractivity contribution in [2.24, 2.45) is 5.92 Å². The van der Waals surface area contributed by atoms with Gasteiger partial charge in [-0.2, -0.15) is 0 Å². The molecule has 0 saturated heterocycles. The molecule has 0 amide bonds. The standard InChI is InChI=1S/C14H27NO/c1-3-15(12-6-4-5-7-12)13-10-11(2)8-9-14(13)16/h11-14,16H,3-10H2,1-2H3. The number of likely N-dealkylation sites (N-methyl/N-ethyl adjacent to an activating group) is 1. The van der Waals surface area contributed by atoms with Gasteiger partial charge in [0, 0.05) is 12.1 Å². The van der Waals surface area contributed by atoms with Crippen LogP contribution in [0, 0.1) is 5.92 Å². The van der Waals surface area contributed by atoms with Gasteiger partial charge in [0.25, 0.3) is 0 Å². The van der Waals surface area contributed by atoms with Crippen LogP contribution in [0.1, 0.15) is 58.8 Å². The van der Waals surface area contributed by atoms with Gasteiger partial charge in [-0.15, -0.1) is 0 Å². The Morgan fingerprint density at radius 1 is 1.12 bits per heavy atom. The first kappa shape index (κ1) is 12.4. The molecule has 2 saturated carbocycles. The van der Waals surface area contributed by atoms with E-state index in [4.69, 9.17) is 0 Å². The zero-order chi connectivity index (χ0) is 11.5. The van der Waals surface area contributed by atoms with Crippen LogP contribution in [0.5, 0.6) is 0 Å². The zero-order valence-corrected chi connectivity index (χ0v) is 10.9. The molecular formula is C14H27NO. The molecule has 3 unspecified atom stereocenters. The van der Waals surface area contributed by atoms with Gasteiger partial charge < -0.3 is 5.11 Å². The minimum atomic E-state index is -0.0725. The summed E-state index contributed by atoms with van der Waals surface area (Å²) in [7, 11) is 0. The number of aliphatic hydroxyl groups is 1. The van der Waals surface area contributed by atoms with Crippen LogP contribution in [0.25, 0.3) is 0 Å². The molecule has 94 valence electrons. The fourth-order valence-electron chi connectivity index (χ4n) is 3.69. The molecule has 2 heteroatoms. The lowest BCUT2D eigenvalue weighted by molar-refractivity contribution is -0.0107. The monoisotopic (exact) mass is 225 g/mol. The lowest BCUT2D eigenvalue weighted by Gasteiger charge is -2.42. The molecule has 2 nitrogen and oxygen atoms in total. The maximum Gasteiger partial charge on any atom is 0.0695 e. The minimum absolute atomic E-state index is 0.0725. The molecule has 0 aromatic heterocycles. The molecule has 0 radical (unpaired) electrons. The maximum atomic E-state index is 10.2. The number of hydrogen-bond acceptors (Lipinski definition) is 2. The molecule has 0 bridgehead atoms. The van der Waals surface area contributed by atoms with Crippen LogP contribution in [0.2, 0.25) is 0 Å². The molecule has 0 aromatic rings. The van der Waals surface area contributed by atoms with Crippen LogP contribution in [0.3, 0.4) is 0 Å². The van der Waals surface area contributed by atoms with E-state index in [1.165, 1.54) is 38.5 Å². The van der Waals surface area contributed by atoms with Crippen molar-refractivity contribution in [3.63, 3.8) is 0 Å². The van der Waals surface area contributed by atoms with Gasteiger partial charge in [0.2, 0.25) is 0 Å². The summed E-state index contributed by atoms with van der Waals surface area (Å²) in [6.45, 7) is 5.70. The quantitative estimate of drug-likeness (QED) is 0.798. The first-order valence-electron chi connectivity index (χ1n) is 7.16. The van der Waals surface area contributed by atoms with Gasteiger partial charge in [-0.1, -0.05) is 26.7 Å². The van der Waals surface area contributed by atoms with E-state index in [1.54, 1.807) is 0 Å². The molecule has 16 heavy (non-hydrogen) atoms. The van der Waals surface area contributed by atoms with Gasteiger partial charge in [-0.05, 0) is 44.6 Å². The van der Waals surface area contributed by atoms with Gasteiger partial charge in [0.1, 0.15) is 0 Å². The largest absolute Gasteiger partial charge is 0.391 e. The Morgan fingerprint density at radius 3 is 2.44 bits per heavy atom. The van der Waals surface area contributed by atoms with E-state index in [9.17, 15) is 5.11 Å². The molecule has 2 aliphatic carbocycles. The van der Waals surface area contributed by atoms with Gasteiger partial charge in [0.15, 0.2) is 0 Å². The van der Waals surface area contributed by atoms with Crippen molar-refractivity contribution in [3.05, 3.63) is 0 Å². The smallest absolute Gasteiger partial charge is 0.0695 e. The highest BCUT2D eigenvalue weighted by atomic mass is 16.3. The lowest BCUT2D eigenvalue weighted by atomic mass is 9.83. The molecule has 0 spiro atoms. The van der Waals surface area contributed by atoms with E-state index >= 15 is 0 Å². The number of nitrogens with zero attached hydrogens (tertiary/aromatic N) is 1. The van der Waals surface area contributed by atoms with Crippen molar-refractivity contribution in [2.45, 2.75) is 77.0 Å². The Hall–Kier alpha value is -0.0800. The van der Waals surface area contributed by atoms with Crippen molar-refractivity contribution in [3.8, 4) is 0 Å². The summed E-state index contributed by atoms with van der Waals surface area (Å²) in [6.07, 6.45) is 8.83. The van der Waals surface area contributed by atoms with Crippen molar-refractivity contribution in [2.75, 3.05) is 6.54 Å². The minimum Gasteiger partial charge on any atom is -0.391 e. The first-order chi connectivity index (χ1) is 7.72. The molecule has 2 aliphatic rings. The summed E-state index contributed by atoms with van der Waals surface area (Å²) >= 11 is 0. The van der Waals surface area contributed by atoms with E-state index in [1.807, 2.05) is 0 Å². The second-order valence-corrected chi connectivity index (χ2v) is 5.82. The fraction of sp³-hybridized carbons (Fsp3) is 1.00. The number of aliphatic hydroxyl groups excluding tert-OH is 1. The van der Waals surface area contributed by atoms with Crippen LogP contribution in [0.15, 0.2) is 0 Å². The van der Waals surface area contributed by atoms with Crippen LogP contribution >= 0.6 is 0 Å². The normalized spacial score (nSPS) is 37.1. The first-order valence-corrected chi connectivity index (χ1v) is 7.16. The zero-order valence-electron chi connectivity index (χ0n) is 10.9. The van der Waals surface area contributed by atoms with Crippen molar-refractivity contribution in [1.29, 1.82) is 0 Å². The fourth-order valence-corrected chi connectivity index (χ4v) is 3.69. The summed E-state index contributed by atoms with van der Waals surface area (Å²) in [5.74, 6) is 0.795. The molecular weight excluding hydrogens is 198 g/mol. The average molecular weight is 225 g/mol. The summed E-state index contributed by atoms with van der Waals surface area (Å²) in [5, 5.41) is 10.2. The third-order valence-corrected chi connectivity index (χ3v) is 4.63. The Balaban J connectivity index is 2.00. The molecule has 0 heterocycles.